The quantitative estimate of drug-likeness (QED) is 0.388. The van der Waals surface area contributed by atoms with E-state index in [0.29, 0.717) is 0 Å². The van der Waals surface area contributed by atoms with Gasteiger partial charge in [0.1, 0.15) is 22.8 Å². The molecular formula is C25H27N3O3. The predicted molar refractivity (Wildman–Crippen MR) is 122 cm³/mol. The first-order chi connectivity index (χ1) is 14.9. The van der Waals surface area contributed by atoms with Crippen LogP contribution in [0.15, 0.2) is 60.7 Å². The zero-order valence-electron chi connectivity index (χ0n) is 18.5. The molecule has 1 heterocycles. The zero-order valence-corrected chi connectivity index (χ0v) is 18.5. The average Bonchev–Trinajstić information content (AvgIpc) is 3.16. The number of aromatic nitrogens is 3. The van der Waals surface area contributed by atoms with Crippen LogP contribution in [0, 0.1) is 0 Å². The Morgan fingerprint density at radius 1 is 0.774 bits per heavy atom. The number of benzene rings is 3. The van der Waals surface area contributed by atoms with E-state index in [2.05, 4.69) is 16.4 Å². The molecule has 0 aliphatic carbocycles. The molecule has 0 aliphatic heterocycles. The van der Waals surface area contributed by atoms with Crippen LogP contribution in [-0.4, -0.2) is 34.3 Å². The fourth-order valence-corrected chi connectivity index (χ4v) is 3.46. The average molecular weight is 418 g/mol. The second-order valence-electron chi connectivity index (χ2n) is 7.89. The summed E-state index contributed by atoms with van der Waals surface area (Å²) < 4.78 is 19.0. The van der Waals surface area contributed by atoms with Crippen molar-refractivity contribution in [1.82, 2.24) is 15.0 Å². The van der Waals surface area contributed by atoms with Crippen molar-refractivity contribution in [2.45, 2.75) is 39.9 Å². The van der Waals surface area contributed by atoms with Gasteiger partial charge in [0.05, 0.1) is 30.5 Å². The van der Waals surface area contributed by atoms with Crippen LogP contribution in [0.3, 0.4) is 0 Å². The van der Waals surface area contributed by atoms with Gasteiger partial charge in [-0.3, -0.25) is 0 Å². The minimum Gasteiger partial charge on any atom is -0.496 e. The van der Waals surface area contributed by atoms with Crippen LogP contribution in [0.4, 0.5) is 0 Å². The largest absolute Gasteiger partial charge is 0.496 e. The zero-order chi connectivity index (χ0) is 22.0. The van der Waals surface area contributed by atoms with Crippen molar-refractivity contribution < 1.29 is 14.2 Å². The van der Waals surface area contributed by atoms with Gasteiger partial charge in [0.2, 0.25) is 0 Å². The van der Waals surface area contributed by atoms with E-state index in [1.165, 1.54) is 0 Å². The van der Waals surface area contributed by atoms with Crippen LogP contribution in [0.1, 0.15) is 27.7 Å². The van der Waals surface area contributed by atoms with E-state index in [9.17, 15) is 0 Å². The first-order valence-electron chi connectivity index (χ1n) is 10.4. The van der Waals surface area contributed by atoms with Gasteiger partial charge >= 0.3 is 0 Å². The molecular weight excluding hydrogens is 390 g/mol. The maximum absolute atomic E-state index is 5.76. The standard InChI is InChI=1S/C25H27N3O3/c1-16(2)30-20-10-6-18(7-11-20)22-14-24-23(15-25(22)29-5)26-27-28(24)19-8-12-21(13-9-19)31-17(3)4/h6-17H,1-5H3. The highest BCUT2D eigenvalue weighted by Gasteiger charge is 2.14. The second kappa shape index (κ2) is 8.68. The lowest BCUT2D eigenvalue weighted by atomic mass is 10.0. The van der Waals surface area contributed by atoms with Gasteiger partial charge in [0.25, 0.3) is 0 Å². The van der Waals surface area contributed by atoms with E-state index < -0.39 is 0 Å². The molecule has 0 saturated carbocycles. The lowest BCUT2D eigenvalue weighted by Gasteiger charge is -2.13. The summed E-state index contributed by atoms with van der Waals surface area (Å²) in [6.45, 7) is 8.05. The summed E-state index contributed by atoms with van der Waals surface area (Å²) >= 11 is 0. The molecule has 31 heavy (non-hydrogen) atoms. The van der Waals surface area contributed by atoms with Crippen molar-refractivity contribution in [3.05, 3.63) is 60.7 Å². The molecule has 0 bridgehead atoms. The highest BCUT2D eigenvalue weighted by atomic mass is 16.5. The van der Waals surface area contributed by atoms with Gasteiger partial charge in [-0.05, 0) is 75.7 Å². The van der Waals surface area contributed by atoms with E-state index in [1.807, 2.05) is 87.0 Å². The van der Waals surface area contributed by atoms with Crippen LogP contribution >= 0.6 is 0 Å². The van der Waals surface area contributed by atoms with Crippen molar-refractivity contribution in [3.63, 3.8) is 0 Å². The van der Waals surface area contributed by atoms with Gasteiger partial charge in [0.15, 0.2) is 0 Å². The summed E-state index contributed by atoms with van der Waals surface area (Å²) in [4.78, 5) is 0. The highest BCUT2D eigenvalue weighted by Crippen LogP contribution is 2.35. The summed E-state index contributed by atoms with van der Waals surface area (Å²) in [6, 6.07) is 19.8. The van der Waals surface area contributed by atoms with Crippen LogP contribution in [-0.2, 0) is 0 Å². The molecule has 0 N–H and O–H groups in total. The molecule has 0 unspecified atom stereocenters. The molecule has 1 aromatic heterocycles. The maximum atomic E-state index is 5.76. The van der Waals surface area contributed by atoms with E-state index in [-0.39, 0.29) is 12.2 Å². The number of ether oxygens (including phenoxy) is 3. The molecule has 4 aromatic rings. The van der Waals surface area contributed by atoms with Gasteiger partial charge in [0, 0.05) is 11.6 Å². The molecule has 0 saturated heterocycles. The first kappa shape index (κ1) is 20.7. The Kier molecular flexibility index (Phi) is 5.80. The van der Waals surface area contributed by atoms with Crippen LogP contribution in [0.25, 0.3) is 27.8 Å². The van der Waals surface area contributed by atoms with Gasteiger partial charge in [-0.2, -0.15) is 0 Å². The number of fused-ring (bicyclic) bond motifs is 1. The molecule has 0 radical (unpaired) electrons. The molecule has 3 aromatic carbocycles. The molecule has 4 rings (SSSR count). The molecule has 160 valence electrons. The Balaban J connectivity index is 1.74. The smallest absolute Gasteiger partial charge is 0.129 e. The molecule has 0 atom stereocenters. The molecule has 0 spiro atoms. The van der Waals surface area contributed by atoms with E-state index in [4.69, 9.17) is 14.2 Å². The fraction of sp³-hybridized carbons (Fsp3) is 0.280. The van der Waals surface area contributed by atoms with Gasteiger partial charge in [-0.25, -0.2) is 4.68 Å². The maximum Gasteiger partial charge on any atom is 0.129 e. The number of methoxy groups -OCH3 is 1. The van der Waals surface area contributed by atoms with Crippen LogP contribution in [0.2, 0.25) is 0 Å². The van der Waals surface area contributed by atoms with E-state index in [0.717, 1.165) is 45.1 Å². The van der Waals surface area contributed by atoms with Crippen molar-refractivity contribution in [2.24, 2.45) is 0 Å². The summed E-state index contributed by atoms with van der Waals surface area (Å²) in [5.74, 6) is 2.42. The number of nitrogens with zero attached hydrogens (tertiary/aromatic N) is 3. The van der Waals surface area contributed by atoms with Crippen molar-refractivity contribution in [1.29, 1.82) is 0 Å². The lowest BCUT2D eigenvalue weighted by molar-refractivity contribution is 0.242. The Bertz CT molecular complexity index is 1160. The highest BCUT2D eigenvalue weighted by molar-refractivity contribution is 5.87. The minimum absolute atomic E-state index is 0.130. The molecule has 0 fully saturated rings. The Morgan fingerprint density at radius 2 is 1.35 bits per heavy atom. The SMILES string of the molecule is COc1cc2nnn(-c3ccc(OC(C)C)cc3)c2cc1-c1ccc(OC(C)C)cc1. The molecule has 6 heteroatoms. The van der Waals surface area contributed by atoms with E-state index in [1.54, 1.807) is 7.11 Å². The normalized spacial score (nSPS) is 11.3. The third-order valence-electron chi connectivity index (χ3n) is 4.76. The van der Waals surface area contributed by atoms with Crippen molar-refractivity contribution in [3.8, 4) is 34.1 Å². The predicted octanol–water partition coefficient (Wildman–Crippen LogP) is 5.67. The van der Waals surface area contributed by atoms with E-state index >= 15 is 0 Å². The monoisotopic (exact) mass is 417 g/mol. The summed E-state index contributed by atoms with van der Waals surface area (Å²) in [5.41, 5.74) is 4.58. The third-order valence-corrected chi connectivity index (χ3v) is 4.76. The number of hydrogen-bond donors (Lipinski definition) is 0. The Morgan fingerprint density at radius 3 is 1.90 bits per heavy atom. The fourth-order valence-electron chi connectivity index (χ4n) is 3.46. The Labute approximate surface area is 182 Å². The van der Waals surface area contributed by atoms with Crippen LogP contribution in [0.5, 0.6) is 17.2 Å². The van der Waals surface area contributed by atoms with Crippen LogP contribution < -0.4 is 14.2 Å². The number of hydrogen-bond acceptors (Lipinski definition) is 5. The first-order valence-corrected chi connectivity index (χ1v) is 10.4. The second-order valence-corrected chi connectivity index (χ2v) is 7.89. The molecule has 0 amide bonds. The van der Waals surface area contributed by atoms with Crippen molar-refractivity contribution in [2.75, 3.05) is 7.11 Å². The summed E-state index contributed by atoms with van der Waals surface area (Å²) in [6.07, 6.45) is 0.264. The van der Waals surface area contributed by atoms with Gasteiger partial charge in [-0.15, -0.1) is 5.10 Å². The van der Waals surface area contributed by atoms with Gasteiger partial charge in [-0.1, -0.05) is 17.3 Å². The van der Waals surface area contributed by atoms with Gasteiger partial charge < -0.3 is 14.2 Å². The topological polar surface area (TPSA) is 58.4 Å². The Hall–Kier alpha value is -3.54. The lowest BCUT2D eigenvalue weighted by Crippen LogP contribution is -2.05. The molecule has 6 nitrogen and oxygen atoms in total. The summed E-state index contributed by atoms with van der Waals surface area (Å²) in [7, 11) is 1.67. The summed E-state index contributed by atoms with van der Waals surface area (Å²) in [5, 5.41) is 8.70. The van der Waals surface area contributed by atoms with Crippen molar-refractivity contribution >= 4 is 11.0 Å². The minimum atomic E-state index is 0.130. The number of rotatable bonds is 7. The third kappa shape index (κ3) is 4.48. The molecule has 0 aliphatic rings.